The number of carbonyl (C=O) groups is 1. The van der Waals surface area contributed by atoms with Crippen LogP contribution in [0.4, 0.5) is 9.52 Å². The molecule has 0 saturated heterocycles. The molecule has 140 valence electrons. The van der Waals surface area contributed by atoms with E-state index < -0.39 is 21.6 Å². The molecule has 0 unspecified atom stereocenters. The lowest BCUT2D eigenvalue weighted by Gasteiger charge is -2.05. The number of hydrogen-bond donors (Lipinski definition) is 1. The Morgan fingerprint density at radius 1 is 1.11 bits per heavy atom. The molecular formula is C17H13ClFN3O3S2. The van der Waals surface area contributed by atoms with Gasteiger partial charge in [-0.05, 0) is 24.3 Å². The SMILES string of the molecule is O=C(Cc1c(F)cccc1Cl)Nc1nnc(CS(=O)(=O)c2ccccc2)s1. The van der Waals surface area contributed by atoms with Crippen LogP contribution in [0.15, 0.2) is 53.4 Å². The minimum absolute atomic E-state index is 0.0769. The molecule has 1 heterocycles. The van der Waals surface area contributed by atoms with Crippen molar-refractivity contribution in [3.8, 4) is 0 Å². The number of hydrogen-bond acceptors (Lipinski definition) is 6. The summed E-state index contributed by atoms with van der Waals surface area (Å²) in [4.78, 5) is 12.3. The molecule has 6 nitrogen and oxygen atoms in total. The summed E-state index contributed by atoms with van der Waals surface area (Å²) in [6.07, 6.45) is -0.275. The van der Waals surface area contributed by atoms with Crippen molar-refractivity contribution in [2.45, 2.75) is 17.1 Å². The zero-order valence-corrected chi connectivity index (χ0v) is 16.1. The Balaban J connectivity index is 1.67. The molecule has 0 bridgehead atoms. The summed E-state index contributed by atoms with van der Waals surface area (Å²) in [5, 5.41) is 10.6. The molecular weight excluding hydrogens is 413 g/mol. The fourth-order valence-electron chi connectivity index (χ4n) is 2.26. The second-order valence-corrected chi connectivity index (χ2v) is 8.96. The van der Waals surface area contributed by atoms with Gasteiger partial charge in [-0.1, -0.05) is 47.2 Å². The van der Waals surface area contributed by atoms with Gasteiger partial charge in [0.05, 0.1) is 11.3 Å². The van der Waals surface area contributed by atoms with E-state index in [1.807, 2.05) is 0 Å². The van der Waals surface area contributed by atoms with Gasteiger partial charge in [-0.2, -0.15) is 0 Å². The van der Waals surface area contributed by atoms with Gasteiger partial charge in [0.1, 0.15) is 16.6 Å². The first-order valence-corrected chi connectivity index (χ1v) is 10.5. The number of carbonyl (C=O) groups excluding carboxylic acids is 1. The largest absolute Gasteiger partial charge is 0.300 e. The number of nitrogens with one attached hydrogen (secondary N) is 1. The van der Waals surface area contributed by atoms with Crippen LogP contribution < -0.4 is 5.32 Å². The number of nitrogens with zero attached hydrogens (tertiary/aromatic N) is 2. The molecule has 3 rings (SSSR count). The minimum atomic E-state index is -3.56. The lowest BCUT2D eigenvalue weighted by atomic mass is 10.1. The quantitative estimate of drug-likeness (QED) is 0.653. The Hall–Kier alpha value is -2.36. The molecule has 0 fully saturated rings. The molecule has 2 aromatic carbocycles. The minimum Gasteiger partial charge on any atom is -0.300 e. The van der Waals surface area contributed by atoms with Crippen LogP contribution in [0.5, 0.6) is 0 Å². The van der Waals surface area contributed by atoms with Gasteiger partial charge < -0.3 is 5.32 Å². The second-order valence-electron chi connectivity index (χ2n) is 5.50. The molecule has 1 aromatic heterocycles. The number of aromatic nitrogens is 2. The Morgan fingerprint density at radius 2 is 1.85 bits per heavy atom. The highest BCUT2D eigenvalue weighted by Crippen LogP contribution is 2.23. The zero-order chi connectivity index (χ0) is 19.4. The topological polar surface area (TPSA) is 89.0 Å². The number of benzene rings is 2. The average molecular weight is 426 g/mol. The highest BCUT2D eigenvalue weighted by Gasteiger charge is 2.19. The average Bonchev–Trinajstić information content (AvgIpc) is 3.05. The van der Waals surface area contributed by atoms with E-state index in [4.69, 9.17) is 11.6 Å². The van der Waals surface area contributed by atoms with Gasteiger partial charge in [0, 0.05) is 10.6 Å². The second kappa shape index (κ2) is 8.12. The van der Waals surface area contributed by atoms with Gasteiger partial charge >= 0.3 is 0 Å². The first-order valence-electron chi connectivity index (χ1n) is 7.68. The zero-order valence-electron chi connectivity index (χ0n) is 13.7. The van der Waals surface area contributed by atoms with E-state index in [0.29, 0.717) is 0 Å². The van der Waals surface area contributed by atoms with E-state index in [-0.39, 0.29) is 37.8 Å². The molecule has 0 aliphatic rings. The van der Waals surface area contributed by atoms with E-state index in [9.17, 15) is 17.6 Å². The van der Waals surface area contributed by atoms with Crippen LogP contribution in [0.2, 0.25) is 5.02 Å². The number of halogens is 2. The van der Waals surface area contributed by atoms with E-state index in [1.165, 1.54) is 30.3 Å². The normalized spacial score (nSPS) is 11.3. The van der Waals surface area contributed by atoms with Gasteiger partial charge in [0.25, 0.3) is 0 Å². The summed E-state index contributed by atoms with van der Waals surface area (Å²) in [6.45, 7) is 0. The van der Waals surface area contributed by atoms with Crippen LogP contribution in [0.3, 0.4) is 0 Å². The molecule has 0 aliphatic heterocycles. The van der Waals surface area contributed by atoms with Gasteiger partial charge in [-0.15, -0.1) is 10.2 Å². The van der Waals surface area contributed by atoms with E-state index in [2.05, 4.69) is 15.5 Å². The highest BCUT2D eigenvalue weighted by molar-refractivity contribution is 7.90. The van der Waals surface area contributed by atoms with Gasteiger partial charge in [0.15, 0.2) is 9.84 Å². The van der Waals surface area contributed by atoms with Crippen LogP contribution >= 0.6 is 22.9 Å². The molecule has 0 aliphatic carbocycles. The van der Waals surface area contributed by atoms with Crippen molar-refractivity contribution in [1.82, 2.24) is 10.2 Å². The summed E-state index contributed by atoms with van der Waals surface area (Å²) >= 11 is 6.84. The number of anilines is 1. The smallest absolute Gasteiger partial charge is 0.230 e. The summed E-state index contributed by atoms with van der Waals surface area (Å²) in [5.41, 5.74) is 0.0769. The Morgan fingerprint density at radius 3 is 2.56 bits per heavy atom. The van der Waals surface area contributed by atoms with Gasteiger partial charge in [0.2, 0.25) is 11.0 Å². The summed E-state index contributed by atoms with van der Waals surface area (Å²) in [6, 6.07) is 12.1. The lowest BCUT2D eigenvalue weighted by Crippen LogP contribution is -2.15. The fourth-order valence-corrected chi connectivity index (χ4v) is 4.87. The van der Waals surface area contributed by atoms with E-state index >= 15 is 0 Å². The Labute approximate surface area is 163 Å². The van der Waals surface area contributed by atoms with Crippen molar-refractivity contribution in [3.05, 3.63) is 69.9 Å². The third-order valence-corrected chi connectivity index (χ3v) is 6.55. The third kappa shape index (κ3) is 4.88. The van der Waals surface area contributed by atoms with Gasteiger partial charge in [-0.3, -0.25) is 4.79 Å². The molecule has 0 spiro atoms. The maximum atomic E-state index is 13.7. The fraction of sp³-hybridized carbons (Fsp3) is 0.118. The van der Waals surface area contributed by atoms with Crippen molar-refractivity contribution in [2.24, 2.45) is 0 Å². The molecule has 1 amide bonds. The summed E-state index contributed by atoms with van der Waals surface area (Å²) in [5.74, 6) is -1.44. The molecule has 0 atom stereocenters. The van der Waals surface area contributed by atoms with Crippen LogP contribution in [0.25, 0.3) is 0 Å². The molecule has 27 heavy (non-hydrogen) atoms. The predicted molar refractivity (Wildman–Crippen MR) is 101 cm³/mol. The maximum Gasteiger partial charge on any atom is 0.230 e. The standard InChI is InChI=1S/C17H13ClFN3O3S2/c18-13-7-4-8-14(19)12(13)9-15(23)20-17-22-21-16(26-17)10-27(24,25)11-5-2-1-3-6-11/h1-8H,9-10H2,(H,20,22,23). The van der Waals surface area contributed by atoms with Crippen LogP contribution in [0.1, 0.15) is 10.6 Å². The monoisotopic (exact) mass is 425 g/mol. The first kappa shape index (κ1) is 19.4. The summed E-state index contributed by atoms with van der Waals surface area (Å²) < 4.78 is 38.4. The predicted octanol–water partition coefficient (Wildman–Crippen LogP) is 3.49. The molecule has 10 heteroatoms. The first-order chi connectivity index (χ1) is 12.8. The Kier molecular flexibility index (Phi) is 5.83. The van der Waals surface area contributed by atoms with Crippen molar-refractivity contribution >= 4 is 43.8 Å². The maximum absolute atomic E-state index is 13.7. The Bertz CT molecular complexity index is 1050. The van der Waals surface area contributed by atoms with Crippen molar-refractivity contribution in [1.29, 1.82) is 0 Å². The molecule has 0 saturated carbocycles. The van der Waals surface area contributed by atoms with Crippen molar-refractivity contribution in [3.63, 3.8) is 0 Å². The highest BCUT2D eigenvalue weighted by atomic mass is 35.5. The number of amides is 1. The van der Waals surface area contributed by atoms with Crippen LogP contribution in [-0.4, -0.2) is 24.5 Å². The number of rotatable bonds is 6. The third-order valence-electron chi connectivity index (χ3n) is 3.53. The molecule has 3 aromatic rings. The number of sulfone groups is 1. The van der Waals surface area contributed by atoms with Crippen molar-refractivity contribution < 1.29 is 17.6 Å². The van der Waals surface area contributed by atoms with Crippen molar-refractivity contribution in [2.75, 3.05) is 5.32 Å². The van der Waals surface area contributed by atoms with Crippen LogP contribution in [0, 0.1) is 5.82 Å². The molecule has 0 radical (unpaired) electrons. The van der Waals surface area contributed by atoms with E-state index in [0.717, 1.165) is 11.3 Å². The van der Waals surface area contributed by atoms with Crippen LogP contribution in [-0.2, 0) is 26.8 Å². The van der Waals surface area contributed by atoms with Gasteiger partial charge in [-0.25, -0.2) is 12.8 Å². The summed E-state index contributed by atoms with van der Waals surface area (Å²) in [7, 11) is -3.56. The lowest BCUT2D eigenvalue weighted by molar-refractivity contribution is -0.115. The van der Waals surface area contributed by atoms with E-state index in [1.54, 1.807) is 18.2 Å². The molecule has 1 N–H and O–H groups in total.